The van der Waals surface area contributed by atoms with Gasteiger partial charge in [-0.2, -0.15) is 0 Å². The van der Waals surface area contributed by atoms with Crippen molar-refractivity contribution in [2.24, 2.45) is 13.0 Å². The van der Waals surface area contributed by atoms with Crippen LogP contribution in [0.3, 0.4) is 0 Å². The normalized spacial score (nSPS) is 26.6. The van der Waals surface area contributed by atoms with E-state index in [1.807, 2.05) is 47.0 Å². The number of carbonyl (C=O) groups is 2. The maximum atomic E-state index is 13.8. The van der Waals surface area contributed by atoms with Crippen molar-refractivity contribution in [3.05, 3.63) is 48.0 Å². The fraction of sp³-hybridized carbons (Fsp3) is 0.542. The molecule has 2 atom stereocenters. The van der Waals surface area contributed by atoms with Crippen molar-refractivity contribution in [3.63, 3.8) is 0 Å². The lowest BCUT2D eigenvalue weighted by atomic mass is 9.74. The third kappa shape index (κ3) is 3.01. The number of hydrogen-bond acceptors (Lipinski definition) is 4. The van der Waals surface area contributed by atoms with Gasteiger partial charge in [0.05, 0.1) is 0 Å². The second-order valence-electron chi connectivity index (χ2n) is 9.46. The molecule has 1 aromatic heterocycles. The van der Waals surface area contributed by atoms with E-state index < -0.39 is 11.5 Å². The number of rotatable bonds is 3. The number of likely N-dealkylation sites (tertiary alicyclic amines) is 2. The Kier molecular flexibility index (Phi) is 4.88. The van der Waals surface area contributed by atoms with E-state index in [2.05, 4.69) is 29.0 Å². The summed E-state index contributed by atoms with van der Waals surface area (Å²) >= 11 is 0. The molecule has 3 aliphatic heterocycles. The van der Waals surface area contributed by atoms with Gasteiger partial charge in [-0.25, -0.2) is 4.98 Å². The first-order valence-corrected chi connectivity index (χ1v) is 11.4. The van der Waals surface area contributed by atoms with E-state index in [9.17, 15) is 9.59 Å². The van der Waals surface area contributed by atoms with Gasteiger partial charge in [0.15, 0.2) is 0 Å². The zero-order valence-electron chi connectivity index (χ0n) is 18.5. The highest BCUT2D eigenvalue weighted by Crippen LogP contribution is 2.54. The van der Waals surface area contributed by atoms with Gasteiger partial charge in [-0.15, -0.1) is 0 Å². The third-order valence-corrected chi connectivity index (χ3v) is 7.58. The number of amides is 2. The molecule has 0 radical (unpaired) electrons. The Morgan fingerprint density at radius 1 is 1.19 bits per heavy atom. The Balaban J connectivity index is 1.52. The Morgan fingerprint density at radius 3 is 2.61 bits per heavy atom. The maximum Gasteiger partial charge on any atom is 0.237 e. The number of fused-ring (bicyclic) bond motifs is 2. The smallest absolute Gasteiger partial charge is 0.237 e. The summed E-state index contributed by atoms with van der Waals surface area (Å²) in [5.74, 6) is 0.932. The van der Waals surface area contributed by atoms with Crippen molar-refractivity contribution in [1.82, 2.24) is 19.4 Å². The van der Waals surface area contributed by atoms with E-state index in [0.717, 1.165) is 43.0 Å². The summed E-state index contributed by atoms with van der Waals surface area (Å²) in [6, 6.07) is 8.00. The lowest BCUT2D eigenvalue weighted by molar-refractivity contribution is -0.139. The summed E-state index contributed by atoms with van der Waals surface area (Å²) in [5.41, 5.74) is 1.05. The van der Waals surface area contributed by atoms with Crippen LogP contribution in [0.4, 0.5) is 5.69 Å². The van der Waals surface area contributed by atoms with E-state index in [1.165, 1.54) is 0 Å². The van der Waals surface area contributed by atoms with Crippen molar-refractivity contribution in [2.75, 3.05) is 25.0 Å². The first-order chi connectivity index (χ1) is 14.9. The van der Waals surface area contributed by atoms with Crippen LogP contribution in [0.2, 0.25) is 0 Å². The lowest BCUT2D eigenvalue weighted by Gasteiger charge is -2.38. The molecule has 2 amide bonds. The van der Waals surface area contributed by atoms with E-state index in [0.29, 0.717) is 19.0 Å². The molecule has 1 aromatic carbocycles. The van der Waals surface area contributed by atoms with Crippen LogP contribution in [-0.2, 0) is 22.1 Å². The average Bonchev–Trinajstić information content (AvgIpc) is 3.44. The van der Waals surface area contributed by atoms with Gasteiger partial charge in [0.2, 0.25) is 11.8 Å². The van der Waals surface area contributed by atoms with Crippen LogP contribution in [0.1, 0.15) is 50.5 Å². The summed E-state index contributed by atoms with van der Waals surface area (Å²) in [7, 11) is 1.94. The Bertz CT molecular complexity index is 1010. The molecule has 31 heavy (non-hydrogen) atoms. The second-order valence-corrected chi connectivity index (χ2v) is 9.46. The molecular weight excluding hydrogens is 390 g/mol. The fourth-order valence-corrected chi connectivity index (χ4v) is 5.82. The largest absolute Gasteiger partial charge is 0.336 e. The fourth-order valence-electron chi connectivity index (χ4n) is 5.82. The molecule has 1 spiro atoms. The molecule has 2 saturated heterocycles. The molecule has 2 fully saturated rings. The number of aryl methyl sites for hydroxylation is 1. The Hall–Kier alpha value is -2.67. The van der Waals surface area contributed by atoms with Gasteiger partial charge in [0, 0.05) is 43.6 Å². The number of imidazole rings is 1. The summed E-state index contributed by atoms with van der Waals surface area (Å²) in [4.78, 5) is 36.2. The number of aromatic nitrogens is 2. The molecule has 7 nitrogen and oxygen atoms in total. The molecule has 5 rings (SSSR count). The second kappa shape index (κ2) is 7.48. The molecule has 2 aromatic rings. The summed E-state index contributed by atoms with van der Waals surface area (Å²) in [6.45, 7) is 6.88. The first kappa shape index (κ1) is 20.2. The number of anilines is 1. The van der Waals surface area contributed by atoms with Gasteiger partial charge in [-0.3, -0.25) is 9.59 Å². The van der Waals surface area contributed by atoms with E-state index >= 15 is 0 Å². The third-order valence-electron chi connectivity index (χ3n) is 7.58. The van der Waals surface area contributed by atoms with Crippen LogP contribution in [0.5, 0.6) is 0 Å². The standard InChI is InChI=1S/C24H31N5O2/c1-16(2)28-12-8-17(9-13-28)22(30)29-14-10-24(20(29)21-25-11-15-27(21)3)18-6-4-5-7-19(18)26-23(24)31/h4-7,11,15-17,20H,8-10,12-14H2,1-3H3,(H,26,31)/t20-,24+/m0/s1. The quantitative estimate of drug-likeness (QED) is 0.827. The molecule has 7 heteroatoms. The predicted molar refractivity (Wildman–Crippen MR) is 118 cm³/mol. The molecule has 3 aliphatic rings. The molecule has 164 valence electrons. The highest BCUT2D eigenvalue weighted by atomic mass is 16.2. The topological polar surface area (TPSA) is 70.5 Å². The SMILES string of the molecule is CC(C)N1CCC(C(=O)N2CC[C@]3(C(=O)Nc4ccccc43)[C@@H]2c2nccn2C)CC1. The number of para-hydroxylation sites is 1. The number of nitrogens with zero attached hydrogens (tertiary/aromatic N) is 4. The predicted octanol–water partition coefficient (Wildman–Crippen LogP) is 2.70. The Morgan fingerprint density at radius 2 is 1.94 bits per heavy atom. The molecule has 0 bridgehead atoms. The number of benzene rings is 1. The molecule has 1 N–H and O–H groups in total. The van der Waals surface area contributed by atoms with Gasteiger partial charge in [0.1, 0.15) is 17.3 Å². The molecule has 0 saturated carbocycles. The molecule has 4 heterocycles. The number of hydrogen-bond donors (Lipinski definition) is 1. The van der Waals surface area contributed by atoms with E-state index in [1.54, 1.807) is 6.20 Å². The highest BCUT2D eigenvalue weighted by Gasteiger charge is 2.61. The zero-order chi connectivity index (χ0) is 21.8. The average molecular weight is 422 g/mol. The van der Waals surface area contributed by atoms with Crippen molar-refractivity contribution in [3.8, 4) is 0 Å². The monoisotopic (exact) mass is 421 g/mol. The van der Waals surface area contributed by atoms with Crippen LogP contribution in [-0.4, -0.2) is 56.8 Å². The first-order valence-electron chi connectivity index (χ1n) is 11.4. The van der Waals surface area contributed by atoms with Gasteiger partial charge in [-0.1, -0.05) is 18.2 Å². The lowest BCUT2D eigenvalue weighted by Crippen LogP contribution is -2.47. The van der Waals surface area contributed by atoms with Crippen LogP contribution in [0, 0.1) is 5.92 Å². The van der Waals surface area contributed by atoms with Crippen molar-refractivity contribution >= 4 is 17.5 Å². The molecule has 0 unspecified atom stereocenters. The minimum atomic E-state index is -0.788. The number of piperidine rings is 1. The van der Waals surface area contributed by atoms with Crippen LogP contribution >= 0.6 is 0 Å². The van der Waals surface area contributed by atoms with Gasteiger partial charge < -0.3 is 19.7 Å². The van der Waals surface area contributed by atoms with Gasteiger partial charge in [0.25, 0.3) is 0 Å². The van der Waals surface area contributed by atoms with Crippen molar-refractivity contribution in [2.45, 2.75) is 50.6 Å². The minimum absolute atomic E-state index is 0.00706. The van der Waals surface area contributed by atoms with E-state index in [-0.39, 0.29) is 17.7 Å². The summed E-state index contributed by atoms with van der Waals surface area (Å²) in [5, 5.41) is 3.08. The number of nitrogens with one attached hydrogen (secondary N) is 1. The van der Waals surface area contributed by atoms with Crippen LogP contribution in [0.15, 0.2) is 36.7 Å². The van der Waals surface area contributed by atoms with Crippen molar-refractivity contribution in [1.29, 1.82) is 0 Å². The highest BCUT2D eigenvalue weighted by molar-refractivity contribution is 6.07. The number of carbonyl (C=O) groups excluding carboxylic acids is 2. The minimum Gasteiger partial charge on any atom is -0.336 e. The summed E-state index contributed by atoms with van der Waals surface area (Å²) in [6.07, 6.45) is 6.00. The molecule has 0 aliphatic carbocycles. The maximum absolute atomic E-state index is 13.8. The van der Waals surface area contributed by atoms with Crippen LogP contribution in [0.25, 0.3) is 0 Å². The molecular formula is C24H31N5O2. The summed E-state index contributed by atoms with van der Waals surface area (Å²) < 4.78 is 1.95. The van der Waals surface area contributed by atoms with Crippen LogP contribution < -0.4 is 5.32 Å². The zero-order valence-corrected chi connectivity index (χ0v) is 18.5. The van der Waals surface area contributed by atoms with Gasteiger partial charge in [-0.05, 0) is 57.8 Å². The Labute approximate surface area is 183 Å². The van der Waals surface area contributed by atoms with Gasteiger partial charge >= 0.3 is 0 Å². The van der Waals surface area contributed by atoms with E-state index in [4.69, 9.17) is 0 Å². The van der Waals surface area contributed by atoms with Crippen molar-refractivity contribution < 1.29 is 9.59 Å².